The van der Waals surface area contributed by atoms with E-state index < -0.39 is 0 Å². The first-order chi connectivity index (χ1) is 14.6. The number of rotatable bonds is 0. The van der Waals surface area contributed by atoms with Gasteiger partial charge in [0.05, 0.1) is 0 Å². The third-order valence-electron chi connectivity index (χ3n) is 6.02. The number of benzene rings is 2. The van der Waals surface area contributed by atoms with E-state index in [1.54, 1.807) is 0 Å². The van der Waals surface area contributed by atoms with Gasteiger partial charge in [0.1, 0.15) is 11.4 Å². The quantitative estimate of drug-likeness (QED) is 0.370. The Morgan fingerprint density at radius 1 is 0.647 bits per heavy atom. The summed E-state index contributed by atoms with van der Waals surface area (Å²) < 4.78 is 6.23. The molecular formula is C32H53FO. The first kappa shape index (κ1) is 32.2. The van der Waals surface area contributed by atoms with Crippen LogP contribution in [-0.4, -0.2) is 5.60 Å². The van der Waals surface area contributed by atoms with Crippen molar-refractivity contribution in [1.82, 2.24) is 0 Å². The van der Waals surface area contributed by atoms with Crippen LogP contribution < -0.4 is 4.74 Å². The van der Waals surface area contributed by atoms with Crippen molar-refractivity contribution in [3.05, 3.63) is 65.2 Å². The van der Waals surface area contributed by atoms with Gasteiger partial charge in [-0.3, -0.25) is 4.70 Å². The highest BCUT2D eigenvalue weighted by Gasteiger charge is 2.44. The van der Waals surface area contributed by atoms with Crippen LogP contribution in [0.2, 0.25) is 0 Å². The molecule has 3 rings (SSSR count). The molecule has 1 heterocycles. The third kappa shape index (κ3) is 10.2. The first-order valence-electron chi connectivity index (χ1n) is 12.5. The summed E-state index contributed by atoms with van der Waals surface area (Å²) in [5, 5.41) is 0. The van der Waals surface area contributed by atoms with E-state index in [1.807, 2.05) is 0 Å². The van der Waals surface area contributed by atoms with Gasteiger partial charge in [-0.25, -0.2) is 0 Å². The maximum atomic E-state index is 6.23. The molecule has 2 aromatic carbocycles. The molecule has 1 aliphatic rings. The van der Waals surface area contributed by atoms with Gasteiger partial charge < -0.3 is 4.74 Å². The molecule has 194 valence electrons. The van der Waals surface area contributed by atoms with Gasteiger partial charge in [0.2, 0.25) is 0 Å². The SMILES string of the molecule is CC(C)(C)C.CC(C)(C)c1ccc2c(c1)CC(C)(C(C)(C)C)O2.CC(C)(C)c1ccccc1.F. The second kappa shape index (κ2) is 11.3. The van der Waals surface area contributed by atoms with Gasteiger partial charge >= 0.3 is 0 Å². The zero-order chi connectivity index (χ0) is 25.9. The maximum Gasteiger partial charge on any atom is 0.123 e. The van der Waals surface area contributed by atoms with Crippen molar-refractivity contribution in [1.29, 1.82) is 0 Å². The van der Waals surface area contributed by atoms with Crippen LogP contribution in [0.15, 0.2) is 48.5 Å². The number of hydrogen-bond acceptors (Lipinski definition) is 1. The van der Waals surface area contributed by atoms with Crippen molar-refractivity contribution < 1.29 is 9.44 Å². The van der Waals surface area contributed by atoms with Crippen LogP contribution in [0.5, 0.6) is 5.75 Å². The molecular weight excluding hydrogens is 419 g/mol. The molecule has 0 fully saturated rings. The highest BCUT2D eigenvalue weighted by molar-refractivity contribution is 5.44. The summed E-state index contributed by atoms with van der Waals surface area (Å²) in [5.74, 6) is 1.07. The molecule has 0 saturated heterocycles. The second-order valence-corrected chi connectivity index (χ2v) is 14.4. The van der Waals surface area contributed by atoms with Gasteiger partial charge in [-0.05, 0) is 45.9 Å². The molecule has 0 spiro atoms. The fraction of sp³-hybridized carbons (Fsp3) is 0.625. The Balaban J connectivity index is 0.000000575. The van der Waals surface area contributed by atoms with Crippen molar-refractivity contribution in [2.45, 2.75) is 120 Å². The molecule has 0 bridgehead atoms. The largest absolute Gasteiger partial charge is 0.486 e. The van der Waals surface area contributed by atoms with Crippen molar-refractivity contribution >= 4 is 0 Å². The maximum absolute atomic E-state index is 6.23. The van der Waals surface area contributed by atoms with E-state index in [9.17, 15) is 0 Å². The van der Waals surface area contributed by atoms with Gasteiger partial charge in [-0.2, -0.15) is 0 Å². The van der Waals surface area contributed by atoms with Gasteiger partial charge in [0, 0.05) is 11.8 Å². The van der Waals surface area contributed by atoms with E-state index in [0.29, 0.717) is 10.8 Å². The minimum absolute atomic E-state index is 0. The Morgan fingerprint density at radius 2 is 1.09 bits per heavy atom. The Kier molecular flexibility index (Phi) is 10.7. The lowest BCUT2D eigenvalue weighted by atomic mass is 9.75. The zero-order valence-electron chi connectivity index (χ0n) is 24.6. The number of halogens is 1. The summed E-state index contributed by atoms with van der Waals surface area (Å²) in [4.78, 5) is 0. The summed E-state index contributed by atoms with van der Waals surface area (Å²) in [5.41, 5.74) is 5.20. The number of ether oxygens (including phenoxy) is 1. The predicted molar refractivity (Wildman–Crippen MR) is 150 cm³/mol. The predicted octanol–water partition coefficient (Wildman–Crippen LogP) is 9.91. The van der Waals surface area contributed by atoms with Gasteiger partial charge in [0.25, 0.3) is 0 Å². The fourth-order valence-corrected chi connectivity index (χ4v) is 3.28. The Bertz CT molecular complexity index is 864. The standard InChI is InChI=1S/C17H26O.C10H14.C5H12.FH/c1-15(2,3)13-8-9-14-12(10-13)11-17(7,18-14)16(4,5)6;1-10(2,3)9-7-5-4-6-8-9;1-5(2,3)4;/h8-10H,11H2,1-7H3;4-8H,1-3H3;1-4H3;1H. The molecule has 34 heavy (non-hydrogen) atoms. The second-order valence-electron chi connectivity index (χ2n) is 14.4. The molecule has 0 N–H and O–H groups in total. The molecule has 2 heteroatoms. The van der Waals surface area contributed by atoms with Gasteiger partial charge in [0.15, 0.2) is 0 Å². The topological polar surface area (TPSA) is 9.23 Å². The van der Waals surface area contributed by atoms with Crippen LogP contribution in [0.1, 0.15) is 114 Å². The smallest absolute Gasteiger partial charge is 0.123 e. The Labute approximate surface area is 211 Å². The van der Waals surface area contributed by atoms with Crippen molar-refractivity contribution in [2.75, 3.05) is 0 Å². The highest BCUT2D eigenvalue weighted by Crippen LogP contribution is 2.45. The summed E-state index contributed by atoms with van der Waals surface area (Å²) >= 11 is 0. The highest BCUT2D eigenvalue weighted by atomic mass is 19.0. The molecule has 1 atom stereocenters. The van der Waals surface area contributed by atoms with Crippen LogP contribution >= 0.6 is 0 Å². The van der Waals surface area contributed by atoms with Crippen LogP contribution in [0.3, 0.4) is 0 Å². The van der Waals surface area contributed by atoms with Gasteiger partial charge in [-0.15, -0.1) is 0 Å². The summed E-state index contributed by atoms with van der Waals surface area (Å²) in [6.07, 6.45) is 1.01. The van der Waals surface area contributed by atoms with E-state index in [-0.39, 0.29) is 21.1 Å². The minimum atomic E-state index is -0.0914. The summed E-state index contributed by atoms with van der Waals surface area (Å²) in [7, 11) is 0. The Hall–Kier alpha value is -1.83. The normalized spacial score (nSPS) is 17.7. The molecule has 0 amide bonds. The van der Waals surface area contributed by atoms with E-state index >= 15 is 0 Å². The van der Waals surface area contributed by atoms with Crippen molar-refractivity contribution in [3.8, 4) is 5.75 Å². The minimum Gasteiger partial charge on any atom is -0.486 e. The van der Waals surface area contributed by atoms with E-state index in [2.05, 4.69) is 145 Å². The van der Waals surface area contributed by atoms with E-state index in [0.717, 1.165) is 12.2 Å². The average molecular weight is 473 g/mol. The lowest BCUT2D eigenvalue weighted by molar-refractivity contribution is 0.00355. The van der Waals surface area contributed by atoms with Crippen LogP contribution in [0.25, 0.3) is 0 Å². The molecule has 1 unspecified atom stereocenters. The first-order valence-corrected chi connectivity index (χ1v) is 12.5. The zero-order valence-corrected chi connectivity index (χ0v) is 24.6. The lowest BCUT2D eigenvalue weighted by Crippen LogP contribution is -2.44. The molecule has 1 aliphatic heterocycles. The summed E-state index contributed by atoms with van der Waals surface area (Å²) in [6, 6.07) is 17.2. The van der Waals surface area contributed by atoms with Crippen molar-refractivity contribution in [3.63, 3.8) is 0 Å². The molecule has 0 aliphatic carbocycles. The molecule has 2 aromatic rings. The van der Waals surface area contributed by atoms with Gasteiger partial charge in [-0.1, -0.05) is 132 Å². The third-order valence-corrected chi connectivity index (χ3v) is 6.02. The molecule has 0 aromatic heterocycles. The molecule has 0 radical (unpaired) electrons. The number of fused-ring (bicyclic) bond motifs is 1. The van der Waals surface area contributed by atoms with E-state index in [4.69, 9.17) is 4.74 Å². The Morgan fingerprint density at radius 3 is 1.44 bits per heavy atom. The monoisotopic (exact) mass is 472 g/mol. The molecule has 1 nitrogen and oxygen atoms in total. The van der Waals surface area contributed by atoms with Crippen LogP contribution in [0.4, 0.5) is 4.70 Å². The fourth-order valence-electron chi connectivity index (χ4n) is 3.28. The van der Waals surface area contributed by atoms with E-state index in [1.165, 1.54) is 16.7 Å². The average Bonchev–Trinajstić information content (AvgIpc) is 2.97. The lowest BCUT2D eigenvalue weighted by Gasteiger charge is -2.37. The van der Waals surface area contributed by atoms with Crippen molar-refractivity contribution in [2.24, 2.45) is 10.8 Å². The van der Waals surface area contributed by atoms with Crippen LogP contribution in [-0.2, 0) is 17.3 Å². The molecule has 0 saturated carbocycles. The summed E-state index contributed by atoms with van der Waals surface area (Å²) in [6.45, 7) is 31.2. The van der Waals surface area contributed by atoms with Crippen LogP contribution in [0, 0.1) is 10.8 Å². The number of hydrogen-bond donors (Lipinski definition) is 0.